The van der Waals surface area contributed by atoms with Gasteiger partial charge in [0.25, 0.3) is 0 Å². The van der Waals surface area contributed by atoms with E-state index in [1.807, 2.05) is 24.3 Å². The number of benzene rings is 7. The second kappa shape index (κ2) is 10.4. The molecule has 0 aliphatic heterocycles. The van der Waals surface area contributed by atoms with E-state index < -0.39 is 0 Å². The van der Waals surface area contributed by atoms with E-state index in [1.54, 1.807) is 0 Å². The van der Waals surface area contributed by atoms with Gasteiger partial charge in [0, 0.05) is 32.9 Å². The first-order chi connectivity index (χ1) is 22.8. The lowest BCUT2D eigenvalue weighted by Gasteiger charge is -2.12. The van der Waals surface area contributed by atoms with Gasteiger partial charge in [-0.2, -0.15) is 0 Å². The Morgan fingerprint density at radius 3 is 1.48 bits per heavy atom. The van der Waals surface area contributed by atoms with Crippen LogP contribution >= 0.6 is 0 Å². The molecule has 7 aromatic carbocycles. The van der Waals surface area contributed by atoms with Crippen LogP contribution in [0.4, 0.5) is 5.69 Å². The SMILES string of the molecule is [C-]#[N+]c1ccccc1-c1cccc(-n2c3ccccc3c3cc(-c4cccc(-n5c6ccccc6c6ccccc65)c4)ccc32)c1. The molecule has 0 aliphatic rings. The molecule has 0 unspecified atom stereocenters. The van der Waals surface area contributed by atoms with E-state index in [0.29, 0.717) is 5.69 Å². The van der Waals surface area contributed by atoms with Gasteiger partial charge in [-0.3, -0.25) is 0 Å². The number of aromatic nitrogens is 2. The molecule has 0 radical (unpaired) electrons. The molecule has 214 valence electrons. The highest BCUT2D eigenvalue weighted by Crippen LogP contribution is 2.38. The van der Waals surface area contributed by atoms with Crippen molar-refractivity contribution >= 4 is 49.3 Å². The smallest absolute Gasteiger partial charge is 0.194 e. The van der Waals surface area contributed by atoms with Gasteiger partial charge >= 0.3 is 0 Å². The average Bonchev–Trinajstić information content (AvgIpc) is 3.64. The quantitative estimate of drug-likeness (QED) is 0.182. The minimum absolute atomic E-state index is 0.662. The van der Waals surface area contributed by atoms with Crippen LogP contribution in [-0.2, 0) is 0 Å². The summed E-state index contributed by atoms with van der Waals surface area (Å²) in [7, 11) is 0. The van der Waals surface area contributed by atoms with Crippen molar-refractivity contribution in [2.75, 3.05) is 0 Å². The Hall–Kier alpha value is -6.37. The third-order valence-electron chi connectivity index (χ3n) is 9.13. The number of hydrogen-bond acceptors (Lipinski definition) is 0. The number of para-hydroxylation sites is 4. The van der Waals surface area contributed by atoms with Crippen molar-refractivity contribution in [1.82, 2.24) is 9.13 Å². The van der Waals surface area contributed by atoms with Gasteiger partial charge in [-0.15, -0.1) is 0 Å². The topological polar surface area (TPSA) is 14.2 Å². The molecule has 46 heavy (non-hydrogen) atoms. The number of fused-ring (bicyclic) bond motifs is 6. The number of hydrogen-bond donors (Lipinski definition) is 0. The van der Waals surface area contributed by atoms with Gasteiger partial charge in [-0.05, 0) is 76.9 Å². The Kier molecular flexibility index (Phi) is 5.88. The molecule has 0 amide bonds. The van der Waals surface area contributed by atoms with E-state index in [-0.39, 0.29) is 0 Å². The molecule has 2 heterocycles. The van der Waals surface area contributed by atoms with Crippen LogP contribution in [0.1, 0.15) is 0 Å². The Morgan fingerprint density at radius 2 is 0.848 bits per heavy atom. The average molecular weight is 586 g/mol. The first-order valence-corrected chi connectivity index (χ1v) is 15.5. The van der Waals surface area contributed by atoms with Crippen LogP contribution in [0.25, 0.3) is 82.1 Å². The summed E-state index contributed by atoms with van der Waals surface area (Å²) in [5.41, 5.74) is 11.9. The van der Waals surface area contributed by atoms with Crippen molar-refractivity contribution in [2.24, 2.45) is 0 Å². The van der Waals surface area contributed by atoms with Crippen molar-refractivity contribution in [3.05, 3.63) is 175 Å². The summed E-state index contributed by atoms with van der Waals surface area (Å²) in [6.07, 6.45) is 0. The molecular formula is C43H27N3. The van der Waals surface area contributed by atoms with Crippen LogP contribution in [0.5, 0.6) is 0 Å². The highest BCUT2D eigenvalue weighted by molar-refractivity contribution is 6.11. The van der Waals surface area contributed by atoms with Crippen molar-refractivity contribution in [3.63, 3.8) is 0 Å². The van der Waals surface area contributed by atoms with Crippen LogP contribution in [0.2, 0.25) is 0 Å². The summed E-state index contributed by atoms with van der Waals surface area (Å²) < 4.78 is 4.71. The molecule has 0 spiro atoms. The first-order valence-electron chi connectivity index (χ1n) is 15.5. The molecule has 3 heteroatoms. The molecule has 0 saturated heterocycles. The molecule has 9 rings (SSSR count). The fourth-order valence-electron chi connectivity index (χ4n) is 7.08. The van der Waals surface area contributed by atoms with E-state index >= 15 is 0 Å². The molecule has 0 saturated carbocycles. The van der Waals surface area contributed by atoms with Gasteiger partial charge in [-0.1, -0.05) is 109 Å². The summed E-state index contributed by atoms with van der Waals surface area (Å²) in [6.45, 7) is 7.68. The fourth-order valence-corrected chi connectivity index (χ4v) is 7.08. The van der Waals surface area contributed by atoms with Gasteiger partial charge in [-0.25, -0.2) is 4.85 Å². The molecule has 0 N–H and O–H groups in total. The summed E-state index contributed by atoms with van der Waals surface area (Å²) in [4.78, 5) is 3.77. The zero-order valence-electron chi connectivity index (χ0n) is 24.9. The molecule has 0 bridgehead atoms. The van der Waals surface area contributed by atoms with E-state index in [9.17, 15) is 0 Å². The van der Waals surface area contributed by atoms with Crippen LogP contribution in [0.15, 0.2) is 164 Å². The molecule has 0 aliphatic carbocycles. The Bertz CT molecular complexity index is 2610. The first kappa shape index (κ1) is 26.1. The summed E-state index contributed by atoms with van der Waals surface area (Å²) in [5.74, 6) is 0. The maximum absolute atomic E-state index is 7.68. The monoisotopic (exact) mass is 585 g/mol. The molecule has 0 fully saturated rings. The Labute approximate surface area is 266 Å². The molecule has 0 atom stereocenters. The predicted octanol–water partition coefficient (Wildman–Crippen LogP) is 11.8. The highest BCUT2D eigenvalue weighted by atomic mass is 15.0. The standard InChI is InChI=1S/C43H27N3/c1-44-39-20-6-2-16-34(39)31-13-11-15-33(27-31)46-42-23-9-5-19-37(42)38-28-30(24-25-43(38)46)29-12-10-14-32(26-29)45-40-21-7-3-17-35(40)36-18-4-8-22-41(36)45/h2-28H. The van der Waals surface area contributed by atoms with E-state index in [4.69, 9.17) is 6.57 Å². The lowest BCUT2D eigenvalue weighted by atomic mass is 10.0. The lowest BCUT2D eigenvalue weighted by Crippen LogP contribution is -1.95. The van der Waals surface area contributed by atoms with Crippen LogP contribution < -0.4 is 0 Å². The normalized spacial score (nSPS) is 11.5. The van der Waals surface area contributed by atoms with Crippen LogP contribution in [0.3, 0.4) is 0 Å². The second-order valence-electron chi connectivity index (χ2n) is 11.7. The van der Waals surface area contributed by atoms with Crippen LogP contribution in [0, 0.1) is 6.57 Å². The van der Waals surface area contributed by atoms with Crippen molar-refractivity contribution in [1.29, 1.82) is 0 Å². The summed E-state index contributed by atoms with van der Waals surface area (Å²) >= 11 is 0. The van der Waals surface area contributed by atoms with Gasteiger partial charge < -0.3 is 9.13 Å². The summed E-state index contributed by atoms with van der Waals surface area (Å²) in [6, 6.07) is 57.9. The maximum Gasteiger partial charge on any atom is 0.194 e. The molecular weight excluding hydrogens is 558 g/mol. The van der Waals surface area contributed by atoms with Crippen molar-refractivity contribution in [3.8, 4) is 33.6 Å². The number of rotatable bonds is 4. The second-order valence-corrected chi connectivity index (χ2v) is 11.7. The van der Waals surface area contributed by atoms with E-state index in [0.717, 1.165) is 33.5 Å². The third kappa shape index (κ3) is 3.98. The summed E-state index contributed by atoms with van der Waals surface area (Å²) in [5, 5.41) is 4.95. The van der Waals surface area contributed by atoms with Gasteiger partial charge in [0.15, 0.2) is 5.69 Å². The molecule has 9 aromatic rings. The largest absolute Gasteiger partial charge is 0.309 e. The predicted molar refractivity (Wildman–Crippen MR) is 192 cm³/mol. The zero-order valence-corrected chi connectivity index (χ0v) is 24.9. The highest BCUT2D eigenvalue weighted by Gasteiger charge is 2.16. The van der Waals surface area contributed by atoms with E-state index in [2.05, 4.69) is 154 Å². The number of nitrogens with zero attached hydrogens (tertiary/aromatic N) is 3. The van der Waals surface area contributed by atoms with Gasteiger partial charge in [0.1, 0.15) is 0 Å². The third-order valence-corrected chi connectivity index (χ3v) is 9.13. The lowest BCUT2D eigenvalue weighted by molar-refractivity contribution is 1.18. The minimum atomic E-state index is 0.662. The zero-order chi connectivity index (χ0) is 30.6. The maximum atomic E-state index is 7.68. The van der Waals surface area contributed by atoms with Gasteiger partial charge in [0.05, 0.1) is 28.6 Å². The van der Waals surface area contributed by atoms with Crippen LogP contribution in [-0.4, -0.2) is 9.13 Å². The Balaban J connectivity index is 1.21. The Morgan fingerprint density at radius 1 is 0.370 bits per heavy atom. The van der Waals surface area contributed by atoms with Crippen molar-refractivity contribution < 1.29 is 0 Å². The molecule has 3 nitrogen and oxygen atoms in total. The minimum Gasteiger partial charge on any atom is -0.309 e. The van der Waals surface area contributed by atoms with Gasteiger partial charge in [0.2, 0.25) is 0 Å². The molecule has 2 aromatic heterocycles. The van der Waals surface area contributed by atoms with E-state index in [1.165, 1.54) is 43.7 Å². The fraction of sp³-hybridized carbons (Fsp3) is 0. The van der Waals surface area contributed by atoms with Crippen molar-refractivity contribution in [2.45, 2.75) is 0 Å².